The smallest absolute Gasteiger partial charge is 0.305 e. The van der Waals surface area contributed by atoms with Crippen molar-refractivity contribution in [3.8, 4) is 0 Å². The maximum Gasteiger partial charge on any atom is 0.416 e. The summed E-state index contributed by atoms with van der Waals surface area (Å²) in [6.07, 6.45) is -2.67. The predicted molar refractivity (Wildman–Crippen MR) is 69.1 cm³/mol. The number of benzene rings is 1. The van der Waals surface area contributed by atoms with E-state index in [0.717, 1.165) is 11.1 Å². The lowest BCUT2D eigenvalue weighted by molar-refractivity contribution is -0.137. The summed E-state index contributed by atoms with van der Waals surface area (Å²) in [5, 5.41) is 5.74. The van der Waals surface area contributed by atoms with Crippen LogP contribution in [-0.4, -0.2) is 11.5 Å². The maximum atomic E-state index is 12.7. The van der Waals surface area contributed by atoms with E-state index in [1.165, 1.54) is 23.5 Å². The number of nitrogens with zero attached hydrogens (tertiary/aromatic N) is 1. The van der Waals surface area contributed by atoms with Crippen LogP contribution < -0.4 is 5.32 Å². The number of rotatable bonds is 4. The molecule has 1 unspecified atom stereocenters. The second-order valence-corrected chi connectivity index (χ2v) is 4.91. The molecule has 2 nitrogen and oxygen atoms in total. The number of alkyl halides is 3. The van der Waals surface area contributed by atoms with Crippen LogP contribution in [0.25, 0.3) is 0 Å². The van der Waals surface area contributed by atoms with Gasteiger partial charge < -0.3 is 5.32 Å². The number of aromatic nitrogens is 1. The van der Waals surface area contributed by atoms with Crippen molar-refractivity contribution in [1.82, 2.24) is 10.3 Å². The van der Waals surface area contributed by atoms with E-state index in [1.807, 2.05) is 12.3 Å². The van der Waals surface area contributed by atoms with Gasteiger partial charge in [-0.05, 0) is 24.2 Å². The molecule has 0 amide bonds. The van der Waals surface area contributed by atoms with Crippen molar-refractivity contribution in [3.05, 3.63) is 52.0 Å². The number of halogens is 3. The van der Waals surface area contributed by atoms with Gasteiger partial charge in [-0.3, -0.25) is 0 Å². The van der Waals surface area contributed by atoms with Crippen molar-refractivity contribution in [3.63, 3.8) is 0 Å². The Morgan fingerprint density at radius 2 is 2.16 bits per heavy atom. The minimum absolute atomic E-state index is 0.299. The van der Waals surface area contributed by atoms with Gasteiger partial charge in [0.15, 0.2) is 0 Å². The molecule has 0 radical (unpaired) electrons. The van der Waals surface area contributed by atoms with Crippen LogP contribution in [0.2, 0.25) is 0 Å². The zero-order chi connectivity index (χ0) is 13.9. The average molecular weight is 286 g/mol. The molecule has 0 fully saturated rings. The molecule has 102 valence electrons. The van der Waals surface area contributed by atoms with Gasteiger partial charge in [0.1, 0.15) is 5.01 Å². The first-order valence-electron chi connectivity index (χ1n) is 5.82. The van der Waals surface area contributed by atoms with Crippen molar-refractivity contribution in [2.24, 2.45) is 0 Å². The Bertz CT molecular complexity index is 523. The highest BCUT2D eigenvalue weighted by molar-refractivity contribution is 7.09. The molecule has 0 aliphatic carbocycles. The topological polar surface area (TPSA) is 24.9 Å². The van der Waals surface area contributed by atoms with Gasteiger partial charge in [-0.15, -0.1) is 11.3 Å². The summed E-state index contributed by atoms with van der Waals surface area (Å²) in [6, 6.07) is 5.07. The summed E-state index contributed by atoms with van der Waals surface area (Å²) in [7, 11) is 0. The van der Waals surface area contributed by atoms with Gasteiger partial charge in [-0.2, -0.15) is 13.2 Å². The lowest BCUT2D eigenvalue weighted by Gasteiger charge is -2.17. The predicted octanol–water partition coefficient (Wildman–Crippen LogP) is 3.86. The zero-order valence-corrected chi connectivity index (χ0v) is 11.1. The lowest BCUT2D eigenvalue weighted by atomic mass is 10.0. The lowest BCUT2D eigenvalue weighted by Crippen LogP contribution is -2.22. The molecule has 6 heteroatoms. The summed E-state index contributed by atoms with van der Waals surface area (Å²) in [6.45, 7) is 2.56. The Hall–Kier alpha value is -1.40. The molecule has 1 atom stereocenters. The Morgan fingerprint density at radius 3 is 2.74 bits per heavy atom. The summed E-state index contributed by atoms with van der Waals surface area (Å²) >= 11 is 1.42. The van der Waals surface area contributed by atoms with E-state index in [2.05, 4.69) is 10.3 Å². The molecular weight excluding hydrogens is 273 g/mol. The third kappa shape index (κ3) is 3.33. The van der Waals surface area contributed by atoms with E-state index >= 15 is 0 Å². The quantitative estimate of drug-likeness (QED) is 0.923. The summed E-state index contributed by atoms with van der Waals surface area (Å²) in [4.78, 5) is 4.18. The Balaban J connectivity index is 2.37. The number of hydrogen-bond donors (Lipinski definition) is 1. The second-order valence-electron chi connectivity index (χ2n) is 3.98. The molecule has 0 saturated carbocycles. The summed E-state index contributed by atoms with van der Waals surface area (Å²) in [5.41, 5.74) is -0.0592. The first-order valence-corrected chi connectivity index (χ1v) is 6.70. The fourth-order valence-electron chi connectivity index (χ4n) is 1.82. The Kier molecular flexibility index (Phi) is 4.21. The molecule has 1 heterocycles. The maximum absolute atomic E-state index is 12.7. The molecule has 2 aromatic rings. The van der Waals surface area contributed by atoms with Gasteiger partial charge in [0.25, 0.3) is 0 Å². The normalized spacial score (nSPS) is 13.5. The molecule has 0 bridgehead atoms. The molecule has 0 aliphatic heterocycles. The molecule has 0 spiro atoms. The Morgan fingerprint density at radius 1 is 1.37 bits per heavy atom. The van der Waals surface area contributed by atoms with Crippen LogP contribution in [0.1, 0.15) is 29.1 Å². The number of hydrogen-bond acceptors (Lipinski definition) is 3. The third-order valence-corrected chi connectivity index (χ3v) is 3.49. The Labute approximate surface area is 113 Å². The van der Waals surface area contributed by atoms with Gasteiger partial charge in [0.05, 0.1) is 11.6 Å². The van der Waals surface area contributed by atoms with E-state index in [-0.39, 0.29) is 6.04 Å². The van der Waals surface area contributed by atoms with Crippen LogP contribution in [0.15, 0.2) is 35.8 Å². The average Bonchev–Trinajstić information content (AvgIpc) is 2.88. The van der Waals surface area contributed by atoms with Crippen LogP contribution in [0.4, 0.5) is 13.2 Å². The summed E-state index contributed by atoms with van der Waals surface area (Å²) in [5.74, 6) is 0. The van der Waals surface area contributed by atoms with Crippen LogP contribution in [0.5, 0.6) is 0 Å². The minimum atomic E-state index is -4.32. The molecule has 0 saturated heterocycles. The van der Waals surface area contributed by atoms with Gasteiger partial charge in [0, 0.05) is 11.6 Å². The van der Waals surface area contributed by atoms with Crippen LogP contribution in [0, 0.1) is 0 Å². The van der Waals surface area contributed by atoms with Gasteiger partial charge in [-0.25, -0.2) is 4.98 Å². The molecule has 1 aromatic carbocycles. The van der Waals surface area contributed by atoms with Crippen molar-refractivity contribution < 1.29 is 13.2 Å². The van der Waals surface area contributed by atoms with E-state index in [0.29, 0.717) is 12.1 Å². The van der Waals surface area contributed by atoms with Gasteiger partial charge in [0.2, 0.25) is 0 Å². The van der Waals surface area contributed by atoms with E-state index < -0.39 is 11.7 Å². The first kappa shape index (κ1) is 14.0. The van der Waals surface area contributed by atoms with E-state index in [9.17, 15) is 13.2 Å². The fraction of sp³-hybridized carbons (Fsp3) is 0.308. The van der Waals surface area contributed by atoms with Gasteiger partial charge >= 0.3 is 6.18 Å². The fourth-order valence-corrected chi connectivity index (χ4v) is 2.56. The zero-order valence-electron chi connectivity index (χ0n) is 10.2. The molecule has 2 rings (SSSR count). The molecule has 1 aromatic heterocycles. The standard InChI is InChI=1S/C13H13F3N2S/c1-2-17-11(12-18-6-7-19-12)9-4-3-5-10(8-9)13(14,15)16/h3-8,11,17H,2H2,1H3. The second kappa shape index (κ2) is 5.71. The van der Waals surface area contributed by atoms with Crippen molar-refractivity contribution in [2.75, 3.05) is 6.54 Å². The first-order chi connectivity index (χ1) is 9.02. The van der Waals surface area contributed by atoms with Crippen LogP contribution >= 0.6 is 11.3 Å². The molecule has 0 aliphatic rings. The largest absolute Gasteiger partial charge is 0.416 e. The van der Waals surface area contributed by atoms with Crippen molar-refractivity contribution >= 4 is 11.3 Å². The monoisotopic (exact) mass is 286 g/mol. The highest BCUT2D eigenvalue weighted by Gasteiger charge is 2.31. The number of thiazole rings is 1. The van der Waals surface area contributed by atoms with E-state index in [4.69, 9.17) is 0 Å². The van der Waals surface area contributed by atoms with E-state index in [1.54, 1.807) is 12.3 Å². The SMILES string of the molecule is CCNC(c1cccc(C(F)(F)F)c1)c1nccs1. The van der Waals surface area contributed by atoms with Crippen molar-refractivity contribution in [1.29, 1.82) is 0 Å². The third-order valence-electron chi connectivity index (χ3n) is 2.65. The molecule has 19 heavy (non-hydrogen) atoms. The van der Waals surface area contributed by atoms with Gasteiger partial charge in [-0.1, -0.05) is 19.1 Å². The molecule has 1 N–H and O–H groups in total. The van der Waals surface area contributed by atoms with Crippen molar-refractivity contribution in [2.45, 2.75) is 19.1 Å². The molecular formula is C13H13F3N2S. The highest BCUT2D eigenvalue weighted by Crippen LogP contribution is 2.32. The highest BCUT2D eigenvalue weighted by atomic mass is 32.1. The number of nitrogens with one attached hydrogen (secondary N) is 1. The van der Waals surface area contributed by atoms with Crippen LogP contribution in [0.3, 0.4) is 0 Å². The summed E-state index contributed by atoms with van der Waals surface area (Å²) < 4.78 is 38.2. The van der Waals surface area contributed by atoms with Crippen LogP contribution in [-0.2, 0) is 6.18 Å². The minimum Gasteiger partial charge on any atom is -0.305 e.